The number of hydrogen-bond donors (Lipinski definition) is 4. The molecule has 49 heavy (non-hydrogen) atoms. The van der Waals surface area contributed by atoms with Crippen molar-refractivity contribution in [3.63, 3.8) is 0 Å². The molecule has 1 amide bonds. The number of anilines is 3. The monoisotopic (exact) mass is 672 g/mol. The lowest BCUT2D eigenvalue weighted by Gasteiger charge is -2.34. The Morgan fingerprint density at radius 1 is 0.918 bits per heavy atom. The van der Waals surface area contributed by atoms with E-state index < -0.39 is 23.4 Å². The first-order chi connectivity index (χ1) is 23.5. The molecule has 2 fully saturated rings. The Morgan fingerprint density at radius 3 is 2.35 bits per heavy atom. The average Bonchev–Trinajstić information content (AvgIpc) is 3.07. The lowest BCUT2D eigenvalue weighted by Crippen LogP contribution is -2.44. The van der Waals surface area contributed by atoms with Gasteiger partial charge in [0.05, 0.1) is 5.56 Å². The molecule has 0 spiro atoms. The van der Waals surface area contributed by atoms with Crippen LogP contribution in [0.25, 0.3) is 11.1 Å². The van der Waals surface area contributed by atoms with Crippen LogP contribution in [0.4, 0.5) is 30.2 Å². The second-order valence-corrected chi connectivity index (χ2v) is 12.6. The maximum Gasteiger partial charge on any atom is 0.281 e. The first-order valence-electron chi connectivity index (χ1n) is 16.2. The first-order valence-corrected chi connectivity index (χ1v) is 16.2. The fourth-order valence-electron chi connectivity index (χ4n) is 6.32. The van der Waals surface area contributed by atoms with E-state index in [9.17, 15) is 18.7 Å². The number of piperazine rings is 1. The summed E-state index contributed by atoms with van der Waals surface area (Å²) in [5.41, 5.74) is 16.1. The molecule has 6 rings (SSSR count). The Morgan fingerprint density at radius 2 is 1.63 bits per heavy atom. The molecule has 0 bridgehead atoms. The summed E-state index contributed by atoms with van der Waals surface area (Å²) in [7, 11) is 2.09. The van der Waals surface area contributed by atoms with Gasteiger partial charge in [-0.2, -0.15) is 4.99 Å². The summed E-state index contributed by atoms with van der Waals surface area (Å²) in [6.07, 6.45) is 1.54. The van der Waals surface area contributed by atoms with Crippen LogP contribution in [0.3, 0.4) is 0 Å². The molecule has 0 aliphatic carbocycles. The third-order valence-electron chi connectivity index (χ3n) is 9.01. The zero-order valence-corrected chi connectivity index (χ0v) is 27.2. The SMILES string of the molecule is CN1CCN(c2ccc(C(=O)N=C(N)c3cc(Cc4cc(F)cc(F)c4)c(-c4cc(O)ccc4F)cc3N)c(NC3CCOCC3)c2)CC1. The molecule has 2 aliphatic heterocycles. The Hall–Kier alpha value is -5.07. The van der Waals surface area contributed by atoms with Gasteiger partial charge < -0.3 is 36.4 Å². The van der Waals surface area contributed by atoms with Crippen molar-refractivity contribution in [2.45, 2.75) is 25.3 Å². The molecule has 6 N–H and O–H groups in total. The number of nitrogens with one attached hydrogen (secondary N) is 1. The van der Waals surface area contributed by atoms with Crippen LogP contribution < -0.4 is 21.7 Å². The second kappa shape index (κ2) is 14.6. The van der Waals surface area contributed by atoms with Gasteiger partial charge in [0.25, 0.3) is 5.91 Å². The van der Waals surface area contributed by atoms with Crippen LogP contribution in [0, 0.1) is 17.5 Å². The summed E-state index contributed by atoms with van der Waals surface area (Å²) in [6, 6.07) is 15.4. The Kier molecular flexibility index (Phi) is 10.1. The van der Waals surface area contributed by atoms with Crippen LogP contribution in [0.5, 0.6) is 5.75 Å². The highest BCUT2D eigenvalue weighted by molar-refractivity contribution is 6.13. The normalized spacial score (nSPS) is 16.2. The van der Waals surface area contributed by atoms with Crippen molar-refractivity contribution >= 4 is 28.8 Å². The molecule has 0 atom stereocenters. The molecule has 0 radical (unpaired) electrons. The Bertz CT molecular complexity index is 1870. The molecule has 256 valence electrons. The molecule has 2 aliphatic rings. The number of amidine groups is 1. The van der Waals surface area contributed by atoms with Gasteiger partial charge in [-0.1, -0.05) is 0 Å². The van der Waals surface area contributed by atoms with Crippen LogP contribution in [-0.4, -0.2) is 74.2 Å². The molecular formula is C37H39F3N6O3. The molecule has 9 nitrogen and oxygen atoms in total. The van der Waals surface area contributed by atoms with Gasteiger partial charge in [0.1, 0.15) is 29.0 Å². The second-order valence-electron chi connectivity index (χ2n) is 12.6. The highest BCUT2D eigenvalue weighted by Gasteiger charge is 2.22. The van der Waals surface area contributed by atoms with Crippen molar-refractivity contribution < 1.29 is 27.8 Å². The third-order valence-corrected chi connectivity index (χ3v) is 9.01. The molecule has 4 aromatic carbocycles. The van der Waals surface area contributed by atoms with Crippen LogP contribution in [0.2, 0.25) is 0 Å². The van der Waals surface area contributed by atoms with Gasteiger partial charge in [-0.05, 0) is 104 Å². The van der Waals surface area contributed by atoms with E-state index in [1.165, 1.54) is 36.4 Å². The number of hydrogen-bond acceptors (Lipinski definition) is 7. The van der Waals surface area contributed by atoms with Gasteiger partial charge in [-0.25, -0.2) is 13.2 Å². The molecule has 0 unspecified atom stereocenters. The van der Waals surface area contributed by atoms with Crippen LogP contribution >= 0.6 is 0 Å². The number of benzene rings is 4. The van der Waals surface area contributed by atoms with E-state index in [0.29, 0.717) is 30.0 Å². The van der Waals surface area contributed by atoms with E-state index >= 15 is 4.39 Å². The molecule has 2 saturated heterocycles. The number of phenols is 1. The van der Waals surface area contributed by atoms with E-state index in [1.54, 1.807) is 6.07 Å². The fourth-order valence-corrected chi connectivity index (χ4v) is 6.32. The van der Waals surface area contributed by atoms with Gasteiger partial charge in [-0.3, -0.25) is 4.79 Å². The lowest BCUT2D eigenvalue weighted by atomic mass is 9.91. The lowest BCUT2D eigenvalue weighted by molar-refractivity contribution is 0.0904. The molecule has 0 saturated carbocycles. The predicted molar refractivity (Wildman–Crippen MR) is 186 cm³/mol. The zero-order valence-electron chi connectivity index (χ0n) is 27.2. The van der Waals surface area contributed by atoms with E-state index in [4.69, 9.17) is 16.2 Å². The molecular weight excluding hydrogens is 633 g/mol. The topological polar surface area (TPSA) is 129 Å². The number of nitrogen functional groups attached to an aromatic ring is 1. The summed E-state index contributed by atoms with van der Waals surface area (Å²) < 4.78 is 48.8. The maximum atomic E-state index is 15.0. The van der Waals surface area contributed by atoms with Gasteiger partial charge in [-0.15, -0.1) is 0 Å². The fraction of sp³-hybridized carbons (Fsp3) is 0.297. The van der Waals surface area contributed by atoms with E-state index in [2.05, 4.69) is 27.2 Å². The minimum Gasteiger partial charge on any atom is -0.508 e. The molecule has 12 heteroatoms. The van der Waals surface area contributed by atoms with Crippen molar-refractivity contribution in [2.24, 2.45) is 10.7 Å². The Balaban J connectivity index is 1.37. The Labute approximate surface area is 283 Å². The van der Waals surface area contributed by atoms with Crippen LogP contribution in [0.1, 0.15) is 39.9 Å². The molecule has 4 aromatic rings. The van der Waals surface area contributed by atoms with Crippen molar-refractivity contribution in [3.05, 3.63) is 106 Å². The summed E-state index contributed by atoms with van der Waals surface area (Å²) in [5.74, 6) is -3.14. The largest absolute Gasteiger partial charge is 0.508 e. The summed E-state index contributed by atoms with van der Waals surface area (Å²) >= 11 is 0. The number of aliphatic imine (C=N–C) groups is 1. The predicted octanol–water partition coefficient (Wildman–Crippen LogP) is 5.54. The maximum absolute atomic E-state index is 15.0. The van der Waals surface area contributed by atoms with E-state index in [1.807, 2.05) is 12.1 Å². The average molecular weight is 673 g/mol. The zero-order chi connectivity index (χ0) is 34.7. The van der Waals surface area contributed by atoms with Crippen molar-refractivity contribution in [3.8, 4) is 16.9 Å². The number of carbonyl (C=O) groups is 1. The number of phenolic OH excluding ortho intramolecular Hbond substituents is 1. The number of amides is 1. The van der Waals surface area contributed by atoms with Gasteiger partial charge in [0, 0.05) is 79.7 Å². The number of nitrogens with two attached hydrogens (primary N) is 2. The van der Waals surface area contributed by atoms with E-state index in [-0.39, 0.29) is 52.0 Å². The number of halogens is 3. The number of ether oxygens (including phenoxy) is 1. The van der Waals surface area contributed by atoms with Crippen LogP contribution in [0.15, 0.2) is 71.7 Å². The van der Waals surface area contributed by atoms with Gasteiger partial charge >= 0.3 is 0 Å². The minimum atomic E-state index is -0.772. The third kappa shape index (κ3) is 7.98. The number of rotatable bonds is 8. The summed E-state index contributed by atoms with van der Waals surface area (Å²) in [4.78, 5) is 22.6. The molecule has 0 aromatic heterocycles. The van der Waals surface area contributed by atoms with Crippen molar-refractivity contribution in [2.75, 3.05) is 62.4 Å². The van der Waals surface area contributed by atoms with Crippen LogP contribution in [-0.2, 0) is 11.2 Å². The minimum absolute atomic E-state index is 0.0287. The highest BCUT2D eigenvalue weighted by Crippen LogP contribution is 2.35. The quantitative estimate of drug-likeness (QED) is 0.109. The number of aromatic hydroxyl groups is 1. The standard InChI is InChI=1S/C37H39F3N6O3/c1-45-8-10-46(11-9-45)27-2-4-29(35(19-27)43-26-6-12-49-13-7-26)37(48)44-36(42)32-17-23(14-22-15-24(38)18-25(39)16-22)30(21-34(32)41)31-20-28(47)3-5-33(31)40/h2-5,15-21,26,43,47H,6-14,41H2,1H3,(H2,42,44,48). The summed E-state index contributed by atoms with van der Waals surface area (Å²) in [6.45, 7) is 4.82. The number of nitrogens with zero attached hydrogens (tertiary/aromatic N) is 3. The van der Waals surface area contributed by atoms with Crippen molar-refractivity contribution in [1.82, 2.24) is 4.90 Å². The summed E-state index contributed by atoms with van der Waals surface area (Å²) in [5, 5.41) is 13.6. The smallest absolute Gasteiger partial charge is 0.281 e. The number of likely N-dealkylation sites (N-methyl/N-ethyl adjacent to an activating group) is 1. The first kappa shape index (κ1) is 33.8. The highest BCUT2D eigenvalue weighted by atomic mass is 19.1. The van der Waals surface area contributed by atoms with Gasteiger partial charge in [0.2, 0.25) is 0 Å². The van der Waals surface area contributed by atoms with Gasteiger partial charge in [0.15, 0.2) is 0 Å². The number of carbonyl (C=O) groups excluding carboxylic acids is 1. The van der Waals surface area contributed by atoms with E-state index in [0.717, 1.165) is 56.8 Å². The van der Waals surface area contributed by atoms with Crippen molar-refractivity contribution in [1.29, 1.82) is 0 Å². The molecule has 2 heterocycles.